The van der Waals surface area contributed by atoms with E-state index in [2.05, 4.69) is 6.92 Å². The summed E-state index contributed by atoms with van der Waals surface area (Å²) in [5.41, 5.74) is 1.30. The van der Waals surface area contributed by atoms with E-state index in [-0.39, 0.29) is 55.4 Å². The molecule has 15 atom stereocenters. The van der Waals surface area contributed by atoms with Gasteiger partial charge in [0.25, 0.3) is 5.91 Å². The largest absolute Gasteiger partial charge is 0.456 e. The van der Waals surface area contributed by atoms with Crippen molar-refractivity contribution in [3.05, 3.63) is 23.3 Å². The highest BCUT2D eigenvalue weighted by molar-refractivity contribution is 5.95. The third kappa shape index (κ3) is 10.9. The van der Waals surface area contributed by atoms with E-state index in [0.29, 0.717) is 62.5 Å². The van der Waals surface area contributed by atoms with Crippen LogP contribution in [0.3, 0.4) is 0 Å². The van der Waals surface area contributed by atoms with Gasteiger partial charge in [0.05, 0.1) is 30.5 Å². The number of hydrogen-bond acceptors (Lipinski definition) is 12. The van der Waals surface area contributed by atoms with Crippen LogP contribution in [0.15, 0.2) is 23.3 Å². The standard InChI is InChI=1S/C43H71NO12/c1-10-30-18-24(2)17-25(3)19-36(53-8)39-37(54-9)21-27(5)43(51,56-39)40(48)41(49)44-16-12-11-13-31(44)42(50)55-38(28(6)33(46)23-34(30)47)26(4)20-29-14-15-32(45)35(22-29)52-7/h18,20,24-25,27-29,31-33,35-40,45-46,48,51H,10-17,19,21-23H2,1-9H3/b26-20?,30-18+/t24?,25-,27+,28-,29?,31-,32+,33-,35+,36-,37-,38+,39+,40?,43+/m0/s1. The van der Waals surface area contributed by atoms with E-state index in [0.717, 1.165) is 0 Å². The molecule has 56 heavy (non-hydrogen) atoms. The van der Waals surface area contributed by atoms with Crippen LogP contribution in [-0.2, 0) is 38.1 Å². The summed E-state index contributed by atoms with van der Waals surface area (Å²) in [5, 5.41) is 45.9. The molecule has 13 heteroatoms. The molecule has 3 fully saturated rings. The van der Waals surface area contributed by atoms with Gasteiger partial charge >= 0.3 is 5.97 Å². The Morgan fingerprint density at radius 3 is 2.20 bits per heavy atom. The molecule has 4 rings (SSSR count). The van der Waals surface area contributed by atoms with Crippen LogP contribution in [0.5, 0.6) is 0 Å². The molecule has 0 spiro atoms. The first-order chi connectivity index (χ1) is 26.5. The molecular weight excluding hydrogens is 722 g/mol. The summed E-state index contributed by atoms with van der Waals surface area (Å²) in [6, 6.07) is -1.07. The minimum absolute atomic E-state index is 0.00758. The second-order valence-corrected chi connectivity index (χ2v) is 17.3. The summed E-state index contributed by atoms with van der Waals surface area (Å²) in [5.74, 6) is -5.35. The number of amides is 1. The second kappa shape index (κ2) is 20.6. The van der Waals surface area contributed by atoms with Gasteiger partial charge in [-0.05, 0) is 100 Å². The Bertz CT molecular complexity index is 1390. The van der Waals surface area contributed by atoms with Crippen LogP contribution in [0, 0.1) is 29.6 Å². The fourth-order valence-corrected chi connectivity index (χ4v) is 9.57. The number of cyclic esters (lactones) is 1. The molecule has 3 unspecified atom stereocenters. The molecule has 1 saturated carbocycles. The van der Waals surface area contributed by atoms with Crippen LogP contribution in [0.1, 0.15) is 112 Å². The number of Topliss-reactive ketones (excluding diaryl/α,β-unsaturated/α-hetero) is 1. The van der Waals surface area contributed by atoms with Crippen LogP contribution in [-0.4, -0.2) is 132 Å². The van der Waals surface area contributed by atoms with Crippen LogP contribution >= 0.6 is 0 Å². The molecular formula is C43H71NO12. The Hall–Kier alpha value is -2.23. The number of carbonyl (C=O) groups is 3. The zero-order valence-corrected chi connectivity index (χ0v) is 35.2. The van der Waals surface area contributed by atoms with Gasteiger partial charge < -0.3 is 49.0 Å². The molecule has 3 aliphatic heterocycles. The van der Waals surface area contributed by atoms with Crippen molar-refractivity contribution in [2.75, 3.05) is 27.9 Å². The summed E-state index contributed by atoms with van der Waals surface area (Å²) in [6.45, 7) is 11.5. The van der Waals surface area contributed by atoms with Crippen molar-refractivity contribution < 1.29 is 58.5 Å². The number of ether oxygens (including phenoxy) is 5. The van der Waals surface area contributed by atoms with Crippen LogP contribution in [0.25, 0.3) is 0 Å². The third-order valence-electron chi connectivity index (χ3n) is 13.0. The lowest BCUT2D eigenvalue weighted by Gasteiger charge is -2.49. The Morgan fingerprint density at radius 2 is 1.55 bits per heavy atom. The molecule has 4 aliphatic rings. The van der Waals surface area contributed by atoms with Crippen molar-refractivity contribution in [3.8, 4) is 0 Å². The molecule has 3 heterocycles. The number of ketones is 1. The van der Waals surface area contributed by atoms with Gasteiger partial charge in [-0.25, -0.2) is 4.79 Å². The van der Waals surface area contributed by atoms with Gasteiger partial charge in [0.15, 0.2) is 11.9 Å². The number of piperidine rings is 1. The summed E-state index contributed by atoms with van der Waals surface area (Å²) in [4.78, 5) is 43.7. The van der Waals surface area contributed by atoms with Gasteiger partial charge in [-0.3, -0.25) is 9.59 Å². The predicted octanol–water partition coefficient (Wildman–Crippen LogP) is 4.26. The van der Waals surface area contributed by atoms with Gasteiger partial charge in [0, 0.05) is 46.1 Å². The van der Waals surface area contributed by atoms with Crippen LogP contribution < -0.4 is 0 Å². The zero-order valence-electron chi connectivity index (χ0n) is 35.2. The van der Waals surface area contributed by atoms with E-state index < -0.39 is 78.3 Å². The molecule has 0 aromatic heterocycles. The van der Waals surface area contributed by atoms with E-state index in [4.69, 9.17) is 23.7 Å². The van der Waals surface area contributed by atoms with Gasteiger partial charge in [0.1, 0.15) is 18.2 Å². The fraction of sp³-hybridized carbons (Fsp3) is 0.837. The van der Waals surface area contributed by atoms with Gasteiger partial charge in [-0.15, -0.1) is 0 Å². The highest BCUT2D eigenvalue weighted by Crippen LogP contribution is 2.40. The van der Waals surface area contributed by atoms with Crippen molar-refractivity contribution in [1.29, 1.82) is 0 Å². The molecule has 13 nitrogen and oxygen atoms in total. The molecule has 1 amide bonds. The molecule has 0 radical (unpaired) electrons. The van der Waals surface area contributed by atoms with E-state index in [9.17, 15) is 34.8 Å². The first kappa shape index (κ1) is 46.5. The van der Waals surface area contributed by atoms with Crippen molar-refractivity contribution >= 4 is 17.7 Å². The van der Waals surface area contributed by atoms with Crippen LogP contribution in [0.2, 0.25) is 0 Å². The predicted molar refractivity (Wildman–Crippen MR) is 209 cm³/mol. The van der Waals surface area contributed by atoms with Crippen molar-refractivity contribution in [1.82, 2.24) is 4.90 Å². The van der Waals surface area contributed by atoms with Crippen molar-refractivity contribution in [2.45, 2.75) is 173 Å². The van der Waals surface area contributed by atoms with Gasteiger partial charge in [0.2, 0.25) is 5.79 Å². The fourth-order valence-electron chi connectivity index (χ4n) is 9.57. The number of allylic oxidation sites excluding steroid dienone is 3. The number of hydrogen-bond donors (Lipinski definition) is 4. The summed E-state index contributed by atoms with van der Waals surface area (Å²) in [6.07, 6.45) is 2.17. The monoisotopic (exact) mass is 793 g/mol. The third-order valence-corrected chi connectivity index (χ3v) is 13.0. The maximum absolute atomic E-state index is 14.3. The summed E-state index contributed by atoms with van der Waals surface area (Å²) < 4.78 is 29.9. The van der Waals surface area contributed by atoms with Gasteiger partial charge in [-0.1, -0.05) is 46.8 Å². The first-order valence-electron chi connectivity index (χ1n) is 20.9. The number of esters is 1. The molecule has 320 valence electrons. The Morgan fingerprint density at radius 1 is 0.893 bits per heavy atom. The average Bonchev–Trinajstić information content (AvgIpc) is 3.18. The SMILES string of the molecule is CC/C1=C\C(C)C[C@H](C)C[C@H](OC)[C@H]2O[C@@](O)(C(O)C(=O)N3CCCC[C@H]3C(=O)O[C@H](C(C)=CC3CC[C@@H](O)[C@H](OC)C3)[C@@H](C)[C@@H](O)CC1=O)[C@H](C)C[C@@H]2OC. The number of carbonyl (C=O) groups excluding carboxylic acids is 3. The Kier molecular flexibility index (Phi) is 17.1. The van der Waals surface area contributed by atoms with Crippen molar-refractivity contribution in [3.63, 3.8) is 0 Å². The molecule has 2 saturated heterocycles. The summed E-state index contributed by atoms with van der Waals surface area (Å²) in [7, 11) is 4.68. The van der Waals surface area contributed by atoms with Crippen LogP contribution in [0.4, 0.5) is 0 Å². The smallest absolute Gasteiger partial charge is 0.329 e. The molecule has 0 aromatic carbocycles. The molecule has 0 aromatic rings. The van der Waals surface area contributed by atoms with Gasteiger partial charge in [-0.2, -0.15) is 0 Å². The van der Waals surface area contributed by atoms with E-state index >= 15 is 0 Å². The Labute approximate surface area is 334 Å². The number of rotatable bonds is 6. The number of methoxy groups -OCH3 is 3. The minimum atomic E-state index is -2.30. The molecule has 2 bridgehead atoms. The Balaban J connectivity index is 1.76. The average molecular weight is 794 g/mol. The highest BCUT2D eigenvalue weighted by Gasteiger charge is 2.56. The second-order valence-electron chi connectivity index (χ2n) is 17.3. The van der Waals surface area contributed by atoms with E-state index in [1.807, 2.05) is 32.9 Å². The van der Waals surface area contributed by atoms with E-state index in [1.165, 1.54) is 4.90 Å². The minimum Gasteiger partial charge on any atom is -0.456 e. The normalized spacial score (nSPS) is 42.9. The lowest BCUT2D eigenvalue weighted by atomic mass is 9.81. The first-order valence-corrected chi connectivity index (χ1v) is 20.9. The highest BCUT2D eigenvalue weighted by atomic mass is 16.7. The number of aliphatic hydroxyl groups excluding tert-OH is 3. The van der Waals surface area contributed by atoms with E-state index in [1.54, 1.807) is 35.2 Å². The molecule has 4 N–H and O–H groups in total. The summed E-state index contributed by atoms with van der Waals surface area (Å²) >= 11 is 0. The van der Waals surface area contributed by atoms with Crippen molar-refractivity contribution in [2.24, 2.45) is 29.6 Å². The topological polar surface area (TPSA) is 182 Å². The maximum Gasteiger partial charge on any atom is 0.329 e. The number of nitrogens with zero attached hydrogens (tertiary/aromatic N) is 1. The quantitative estimate of drug-likeness (QED) is 0.222. The lowest BCUT2D eigenvalue weighted by molar-refractivity contribution is -0.346. The maximum atomic E-state index is 14.3. The number of fused-ring (bicyclic) bond motifs is 3. The molecule has 1 aliphatic carbocycles. The lowest BCUT2D eigenvalue weighted by Crippen LogP contribution is -2.66. The zero-order chi connectivity index (χ0) is 41.5. The number of aliphatic hydroxyl groups is 4.